The van der Waals surface area contributed by atoms with Crippen LogP contribution < -0.4 is 10.1 Å². The van der Waals surface area contributed by atoms with Gasteiger partial charge in [-0.1, -0.05) is 23.9 Å². The van der Waals surface area contributed by atoms with Crippen LogP contribution >= 0.6 is 23.1 Å². The van der Waals surface area contributed by atoms with Crippen molar-refractivity contribution in [3.8, 4) is 5.75 Å². The van der Waals surface area contributed by atoms with Crippen molar-refractivity contribution in [1.82, 2.24) is 4.98 Å². The second kappa shape index (κ2) is 6.37. The molecule has 1 N–H and O–H groups in total. The number of aromatic nitrogens is 1. The predicted molar refractivity (Wildman–Crippen MR) is 91.7 cm³/mol. The number of nitrogens with one attached hydrogen (secondary N) is 1. The Morgan fingerprint density at radius 2 is 2.14 bits per heavy atom. The molecule has 0 bridgehead atoms. The highest BCUT2D eigenvalue weighted by molar-refractivity contribution is 8.00. The van der Waals surface area contributed by atoms with Crippen LogP contribution in [-0.2, 0) is 6.54 Å². The summed E-state index contributed by atoms with van der Waals surface area (Å²) >= 11 is 3.42. The van der Waals surface area contributed by atoms with Crippen LogP contribution in [0.1, 0.15) is 5.56 Å². The van der Waals surface area contributed by atoms with Gasteiger partial charge in [0, 0.05) is 12.2 Å². The van der Waals surface area contributed by atoms with E-state index >= 15 is 0 Å². The molecule has 0 saturated heterocycles. The molecule has 0 radical (unpaired) electrons. The first kappa shape index (κ1) is 14.2. The zero-order valence-corrected chi connectivity index (χ0v) is 13.6. The molecule has 0 atom stereocenters. The van der Waals surface area contributed by atoms with Crippen LogP contribution in [0.2, 0.25) is 0 Å². The van der Waals surface area contributed by atoms with Crippen LogP contribution in [0.5, 0.6) is 5.75 Å². The van der Waals surface area contributed by atoms with Gasteiger partial charge in [-0.3, -0.25) is 0 Å². The monoisotopic (exact) mass is 316 g/mol. The maximum atomic E-state index is 5.24. The number of benzene rings is 2. The molecular formula is C16H16N2OS2. The molecule has 0 fully saturated rings. The van der Waals surface area contributed by atoms with E-state index in [0.29, 0.717) is 0 Å². The number of rotatable bonds is 5. The van der Waals surface area contributed by atoms with Crippen LogP contribution in [0.25, 0.3) is 10.2 Å². The summed E-state index contributed by atoms with van der Waals surface area (Å²) in [6.45, 7) is 0.775. The Bertz CT molecular complexity index is 755. The SMILES string of the molecule is COc1cccc(CNc2ccc3nc(SC)sc3c2)c1. The molecule has 3 rings (SSSR count). The standard InChI is InChI=1S/C16H16N2OS2/c1-19-13-5-3-4-11(8-13)10-17-12-6-7-14-15(9-12)21-16(18-14)20-2/h3-9,17H,10H2,1-2H3. The van der Waals surface area contributed by atoms with Crippen molar-refractivity contribution in [2.24, 2.45) is 0 Å². The lowest BCUT2D eigenvalue weighted by atomic mass is 10.2. The molecule has 0 aliphatic carbocycles. The van der Waals surface area contributed by atoms with Gasteiger partial charge in [0.15, 0.2) is 4.34 Å². The van der Waals surface area contributed by atoms with Crippen molar-refractivity contribution >= 4 is 39.0 Å². The highest BCUT2D eigenvalue weighted by atomic mass is 32.2. The molecular weight excluding hydrogens is 300 g/mol. The molecule has 21 heavy (non-hydrogen) atoms. The number of nitrogens with zero attached hydrogens (tertiary/aromatic N) is 1. The average molecular weight is 316 g/mol. The number of anilines is 1. The summed E-state index contributed by atoms with van der Waals surface area (Å²) in [6.07, 6.45) is 2.06. The van der Waals surface area contributed by atoms with Crippen LogP contribution in [0.3, 0.4) is 0 Å². The van der Waals surface area contributed by atoms with Crippen molar-refractivity contribution < 1.29 is 4.74 Å². The van der Waals surface area contributed by atoms with E-state index in [1.54, 1.807) is 30.2 Å². The van der Waals surface area contributed by atoms with Gasteiger partial charge >= 0.3 is 0 Å². The zero-order chi connectivity index (χ0) is 14.7. The largest absolute Gasteiger partial charge is 0.497 e. The van der Waals surface area contributed by atoms with Gasteiger partial charge in [0.25, 0.3) is 0 Å². The Kier molecular flexibility index (Phi) is 4.31. The van der Waals surface area contributed by atoms with Crippen molar-refractivity contribution in [2.45, 2.75) is 10.9 Å². The Balaban J connectivity index is 1.75. The zero-order valence-electron chi connectivity index (χ0n) is 11.9. The number of hydrogen-bond donors (Lipinski definition) is 1. The first-order valence-corrected chi connectivity index (χ1v) is 8.64. The molecule has 3 aromatic rings. The lowest BCUT2D eigenvalue weighted by Crippen LogP contribution is -1.99. The van der Waals surface area contributed by atoms with Gasteiger partial charge < -0.3 is 10.1 Å². The van der Waals surface area contributed by atoms with E-state index in [2.05, 4.69) is 40.8 Å². The lowest BCUT2D eigenvalue weighted by Gasteiger charge is -2.08. The number of methoxy groups -OCH3 is 1. The maximum absolute atomic E-state index is 5.24. The van der Waals surface area contributed by atoms with Gasteiger partial charge in [-0.2, -0.15) is 0 Å². The number of thioether (sulfide) groups is 1. The van der Waals surface area contributed by atoms with E-state index in [0.717, 1.165) is 27.8 Å². The molecule has 2 aromatic carbocycles. The summed E-state index contributed by atoms with van der Waals surface area (Å²) < 4.78 is 7.57. The van der Waals surface area contributed by atoms with E-state index < -0.39 is 0 Å². The quantitative estimate of drug-likeness (QED) is 0.695. The topological polar surface area (TPSA) is 34.1 Å². The van der Waals surface area contributed by atoms with E-state index in [1.807, 2.05) is 18.2 Å². The van der Waals surface area contributed by atoms with Crippen LogP contribution in [0, 0.1) is 0 Å². The first-order chi connectivity index (χ1) is 10.3. The second-order valence-electron chi connectivity index (χ2n) is 4.57. The summed E-state index contributed by atoms with van der Waals surface area (Å²) in [4.78, 5) is 4.55. The Labute approximate surface area is 132 Å². The van der Waals surface area contributed by atoms with Crippen molar-refractivity contribution in [1.29, 1.82) is 0 Å². The summed E-state index contributed by atoms with van der Waals surface area (Å²) in [5.74, 6) is 0.886. The van der Waals surface area contributed by atoms with E-state index in [-0.39, 0.29) is 0 Å². The molecule has 5 heteroatoms. The highest BCUT2D eigenvalue weighted by Gasteiger charge is 2.04. The molecule has 0 aliphatic heterocycles. The molecule has 0 spiro atoms. The van der Waals surface area contributed by atoms with Gasteiger partial charge in [0.1, 0.15) is 5.75 Å². The molecule has 0 amide bonds. The molecule has 3 nitrogen and oxygen atoms in total. The summed E-state index contributed by atoms with van der Waals surface area (Å²) in [5.41, 5.74) is 3.38. The normalized spacial score (nSPS) is 10.8. The van der Waals surface area contributed by atoms with Gasteiger partial charge in [-0.05, 0) is 42.2 Å². The fraction of sp³-hybridized carbons (Fsp3) is 0.188. The van der Waals surface area contributed by atoms with Gasteiger partial charge in [-0.25, -0.2) is 4.98 Å². The molecule has 0 aliphatic rings. The average Bonchev–Trinajstić information content (AvgIpc) is 2.95. The van der Waals surface area contributed by atoms with Crippen molar-refractivity contribution in [3.63, 3.8) is 0 Å². The molecule has 108 valence electrons. The van der Waals surface area contributed by atoms with Crippen LogP contribution in [0.4, 0.5) is 5.69 Å². The van der Waals surface area contributed by atoms with Gasteiger partial charge in [0.05, 0.1) is 17.3 Å². The lowest BCUT2D eigenvalue weighted by molar-refractivity contribution is 0.414. The molecule has 0 unspecified atom stereocenters. The number of thiazole rings is 1. The van der Waals surface area contributed by atoms with Crippen molar-refractivity contribution in [2.75, 3.05) is 18.7 Å². The van der Waals surface area contributed by atoms with E-state index in [1.165, 1.54) is 10.3 Å². The van der Waals surface area contributed by atoms with Crippen molar-refractivity contribution in [3.05, 3.63) is 48.0 Å². The first-order valence-electron chi connectivity index (χ1n) is 6.60. The summed E-state index contributed by atoms with van der Waals surface area (Å²) in [5, 5.41) is 3.45. The highest BCUT2D eigenvalue weighted by Crippen LogP contribution is 2.30. The molecule has 0 saturated carbocycles. The fourth-order valence-electron chi connectivity index (χ4n) is 2.09. The fourth-order valence-corrected chi connectivity index (χ4v) is 3.62. The summed E-state index contributed by atoms with van der Waals surface area (Å²) in [7, 11) is 1.69. The minimum atomic E-state index is 0.775. The number of fused-ring (bicyclic) bond motifs is 1. The van der Waals surface area contributed by atoms with Crippen LogP contribution in [0.15, 0.2) is 46.8 Å². The minimum absolute atomic E-state index is 0.775. The second-order valence-corrected chi connectivity index (χ2v) is 6.66. The van der Waals surface area contributed by atoms with Gasteiger partial charge in [-0.15, -0.1) is 11.3 Å². The van der Waals surface area contributed by atoms with E-state index in [4.69, 9.17) is 4.74 Å². The Morgan fingerprint density at radius 3 is 2.95 bits per heavy atom. The maximum Gasteiger partial charge on any atom is 0.150 e. The van der Waals surface area contributed by atoms with Crippen LogP contribution in [-0.4, -0.2) is 18.3 Å². The van der Waals surface area contributed by atoms with E-state index in [9.17, 15) is 0 Å². The molecule has 1 heterocycles. The Hall–Kier alpha value is -1.72. The minimum Gasteiger partial charge on any atom is -0.497 e. The molecule has 1 aromatic heterocycles. The third-order valence-corrected chi connectivity index (χ3v) is 5.18. The third-order valence-electron chi connectivity index (χ3n) is 3.17. The third kappa shape index (κ3) is 3.31. The number of ether oxygens (including phenoxy) is 1. The van der Waals surface area contributed by atoms with Gasteiger partial charge in [0.2, 0.25) is 0 Å². The smallest absolute Gasteiger partial charge is 0.150 e. The predicted octanol–water partition coefficient (Wildman–Crippen LogP) is 4.64. The summed E-state index contributed by atoms with van der Waals surface area (Å²) in [6, 6.07) is 14.4. The Morgan fingerprint density at radius 1 is 1.24 bits per heavy atom. The number of hydrogen-bond acceptors (Lipinski definition) is 5.